The van der Waals surface area contributed by atoms with Crippen LogP contribution in [-0.2, 0) is 0 Å². The Labute approximate surface area is 182 Å². The molecule has 1 aliphatic rings. The molecular weight excluding hydrogens is 408 g/mol. The Balaban J connectivity index is 1.33. The molecule has 10 heteroatoms. The van der Waals surface area contributed by atoms with E-state index in [1.54, 1.807) is 23.8 Å². The van der Waals surface area contributed by atoms with Gasteiger partial charge >= 0.3 is 0 Å². The van der Waals surface area contributed by atoms with Crippen molar-refractivity contribution < 1.29 is 5.11 Å². The predicted molar refractivity (Wildman–Crippen MR) is 120 cm³/mol. The first-order chi connectivity index (χ1) is 15.5. The largest absolute Gasteiger partial charge is 0.374 e. The van der Waals surface area contributed by atoms with Crippen LogP contribution in [0.4, 0.5) is 0 Å². The number of allylic oxidation sites excluding steroid dienone is 1. The number of pyridine rings is 1. The Bertz CT molecular complexity index is 1420. The fraction of sp³-hybridized carbons (Fsp3) is 0.273. The monoisotopic (exact) mass is 430 g/mol. The average molecular weight is 430 g/mol. The molecule has 10 nitrogen and oxygen atoms in total. The molecule has 0 saturated carbocycles. The van der Waals surface area contributed by atoms with Crippen molar-refractivity contribution in [1.82, 2.24) is 34.9 Å². The van der Waals surface area contributed by atoms with Crippen molar-refractivity contribution in [1.29, 1.82) is 0 Å². The Morgan fingerprint density at radius 2 is 2.12 bits per heavy atom. The van der Waals surface area contributed by atoms with Gasteiger partial charge in [0.25, 0.3) is 0 Å². The third-order valence-electron chi connectivity index (χ3n) is 5.52. The van der Waals surface area contributed by atoms with Crippen molar-refractivity contribution in [3.63, 3.8) is 0 Å². The van der Waals surface area contributed by atoms with Gasteiger partial charge in [-0.05, 0) is 20.3 Å². The van der Waals surface area contributed by atoms with Gasteiger partial charge in [-0.15, -0.1) is 0 Å². The van der Waals surface area contributed by atoms with Crippen LogP contribution in [0.3, 0.4) is 0 Å². The maximum atomic E-state index is 13.1. The SMILES string of the molecule is Cc1cc2nc(C)c3c(=O)c(C(O)NCC4C=NC(c5cncnc5)=CC4)c[nH]c3n2n1. The zero-order chi connectivity index (χ0) is 22.2. The van der Waals surface area contributed by atoms with Crippen LogP contribution in [0.1, 0.15) is 35.2 Å². The van der Waals surface area contributed by atoms with Crippen LogP contribution in [0.5, 0.6) is 0 Å². The number of aromatic amines is 1. The lowest BCUT2D eigenvalue weighted by atomic mass is 10.0. The summed E-state index contributed by atoms with van der Waals surface area (Å²) < 4.78 is 1.61. The number of hydrogen-bond acceptors (Lipinski definition) is 8. The summed E-state index contributed by atoms with van der Waals surface area (Å²) in [6, 6.07) is 1.85. The first-order valence-corrected chi connectivity index (χ1v) is 10.3. The Morgan fingerprint density at radius 3 is 2.88 bits per heavy atom. The summed E-state index contributed by atoms with van der Waals surface area (Å²) in [6.07, 6.45) is 9.94. The van der Waals surface area contributed by atoms with Crippen LogP contribution in [-0.4, -0.2) is 47.4 Å². The molecule has 0 spiro atoms. The second kappa shape index (κ2) is 8.06. The Morgan fingerprint density at radius 1 is 1.31 bits per heavy atom. The fourth-order valence-corrected chi connectivity index (χ4v) is 3.89. The number of fused-ring (bicyclic) bond motifs is 3. The molecule has 162 valence electrons. The highest BCUT2D eigenvalue weighted by atomic mass is 16.3. The van der Waals surface area contributed by atoms with Crippen molar-refractivity contribution in [2.24, 2.45) is 10.9 Å². The number of aromatic nitrogens is 6. The van der Waals surface area contributed by atoms with Gasteiger partial charge in [-0.1, -0.05) is 6.08 Å². The van der Waals surface area contributed by atoms with Crippen LogP contribution in [0.2, 0.25) is 0 Å². The van der Waals surface area contributed by atoms with Crippen LogP contribution in [0.25, 0.3) is 22.4 Å². The maximum Gasteiger partial charge on any atom is 0.200 e. The Kier molecular flexibility index (Phi) is 5.08. The quantitative estimate of drug-likeness (QED) is 0.410. The summed E-state index contributed by atoms with van der Waals surface area (Å²) in [5, 5.41) is 18.5. The van der Waals surface area contributed by atoms with E-state index in [4.69, 9.17) is 0 Å². The summed E-state index contributed by atoms with van der Waals surface area (Å²) >= 11 is 0. The van der Waals surface area contributed by atoms with Crippen LogP contribution in [0.15, 0.2) is 46.8 Å². The van der Waals surface area contributed by atoms with Crippen molar-refractivity contribution >= 4 is 28.6 Å². The van der Waals surface area contributed by atoms with Crippen molar-refractivity contribution in [3.8, 4) is 0 Å². The number of aliphatic hydroxyl groups is 1. The smallest absolute Gasteiger partial charge is 0.200 e. The second-order valence-electron chi connectivity index (χ2n) is 7.85. The first-order valence-electron chi connectivity index (χ1n) is 10.3. The lowest BCUT2D eigenvalue weighted by Crippen LogP contribution is -2.31. The van der Waals surface area contributed by atoms with E-state index in [1.807, 2.05) is 25.3 Å². The van der Waals surface area contributed by atoms with Gasteiger partial charge in [-0.3, -0.25) is 15.1 Å². The molecule has 5 heterocycles. The molecule has 0 saturated heterocycles. The van der Waals surface area contributed by atoms with Crippen molar-refractivity contribution in [3.05, 3.63) is 69.8 Å². The van der Waals surface area contributed by atoms with Gasteiger partial charge in [0.2, 0.25) is 0 Å². The van der Waals surface area contributed by atoms with Crippen LogP contribution in [0, 0.1) is 19.8 Å². The van der Waals surface area contributed by atoms with Crippen molar-refractivity contribution in [2.75, 3.05) is 6.54 Å². The number of H-pyrrole nitrogens is 1. The number of nitrogens with one attached hydrogen (secondary N) is 2. The standard InChI is InChI=1S/C22H22N8O2/c1-12-5-18-28-13(2)19-20(31)16(10-26-21(19)30(18)29-12)22(32)27-7-14-3-4-17(25-6-14)15-8-23-11-24-9-15/h4-6,8-11,14,22,27,32H,3,7H2,1-2H3,(H,26,31). The van der Waals surface area contributed by atoms with Gasteiger partial charge in [-0.2, -0.15) is 9.61 Å². The number of aryl methyl sites for hydroxylation is 2. The number of aliphatic hydroxyl groups excluding tert-OH is 1. The molecule has 5 rings (SSSR count). The topological polar surface area (TPSA) is 133 Å². The minimum absolute atomic E-state index is 0.0904. The molecule has 4 aromatic rings. The molecule has 32 heavy (non-hydrogen) atoms. The number of rotatable bonds is 5. The summed E-state index contributed by atoms with van der Waals surface area (Å²) in [6.45, 7) is 4.12. The van der Waals surface area contributed by atoms with Gasteiger partial charge in [-0.25, -0.2) is 15.0 Å². The van der Waals surface area contributed by atoms with Crippen LogP contribution < -0.4 is 10.7 Å². The molecule has 1 aliphatic heterocycles. The van der Waals surface area contributed by atoms with Gasteiger partial charge in [0.05, 0.1) is 28.0 Å². The molecule has 4 aromatic heterocycles. The normalized spacial score (nSPS) is 17.1. The van der Waals surface area contributed by atoms with Crippen LogP contribution >= 0.6 is 0 Å². The average Bonchev–Trinajstić information content (AvgIpc) is 3.18. The summed E-state index contributed by atoms with van der Waals surface area (Å²) in [5.41, 5.74) is 4.27. The summed E-state index contributed by atoms with van der Waals surface area (Å²) in [7, 11) is 0. The minimum Gasteiger partial charge on any atom is -0.374 e. The van der Waals surface area contributed by atoms with E-state index >= 15 is 0 Å². The predicted octanol–water partition coefficient (Wildman–Crippen LogP) is 1.69. The lowest BCUT2D eigenvalue weighted by molar-refractivity contribution is 0.135. The highest BCUT2D eigenvalue weighted by Crippen LogP contribution is 2.21. The van der Waals surface area contributed by atoms with Gasteiger partial charge < -0.3 is 10.1 Å². The summed E-state index contributed by atoms with van der Waals surface area (Å²) in [4.78, 5) is 33.2. The molecule has 0 aliphatic carbocycles. The minimum atomic E-state index is -1.13. The van der Waals surface area contributed by atoms with E-state index in [9.17, 15) is 9.90 Å². The van der Waals surface area contributed by atoms with E-state index in [1.165, 1.54) is 12.5 Å². The van der Waals surface area contributed by atoms with E-state index in [2.05, 4.69) is 35.3 Å². The van der Waals surface area contributed by atoms with Gasteiger partial charge in [0, 0.05) is 48.9 Å². The van der Waals surface area contributed by atoms with E-state index < -0.39 is 6.23 Å². The lowest BCUT2D eigenvalue weighted by Gasteiger charge is -2.19. The third-order valence-corrected chi connectivity index (χ3v) is 5.52. The molecule has 2 unspecified atom stereocenters. The fourth-order valence-electron chi connectivity index (χ4n) is 3.89. The molecule has 0 bridgehead atoms. The highest BCUT2D eigenvalue weighted by molar-refractivity contribution is 5.80. The zero-order valence-electron chi connectivity index (χ0n) is 17.6. The number of nitrogens with zero attached hydrogens (tertiary/aromatic N) is 6. The molecule has 0 amide bonds. The zero-order valence-corrected chi connectivity index (χ0v) is 17.6. The van der Waals surface area contributed by atoms with Gasteiger partial charge in [0.1, 0.15) is 18.2 Å². The number of aliphatic imine (C=N–C) groups is 1. The molecule has 3 N–H and O–H groups in total. The first kappa shape index (κ1) is 20.2. The number of hydrogen-bond donors (Lipinski definition) is 3. The molecule has 0 aromatic carbocycles. The highest BCUT2D eigenvalue weighted by Gasteiger charge is 2.19. The summed E-state index contributed by atoms with van der Waals surface area (Å²) in [5.74, 6) is 0.0904. The Hall–Kier alpha value is -3.76. The molecule has 2 atom stereocenters. The van der Waals surface area contributed by atoms with Gasteiger partial charge in [0.15, 0.2) is 11.1 Å². The molecular formula is C22H22N8O2. The van der Waals surface area contributed by atoms with Crippen molar-refractivity contribution in [2.45, 2.75) is 26.5 Å². The van der Waals surface area contributed by atoms with E-state index in [-0.39, 0.29) is 16.9 Å². The maximum absolute atomic E-state index is 13.1. The van der Waals surface area contributed by atoms with E-state index in [0.717, 1.165) is 23.4 Å². The third kappa shape index (κ3) is 3.59. The molecule has 0 fully saturated rings. The molecule has 0 radical (unpaired) electrons. The van der Waals surface area contributed by atoms with E-state index in [0.29, 0.717) is 28.9 Å². The second-order valence-corrected chi connectivity index (χ2v) is 7.85.